The van der Waals surface area contributed by atoms with Gasteiger partial charge in [-0.15, -0.1) is 0 Å². The summed E-state index contributed by atoms with van der Waals surface area (Å²) in [6, 6.07) is 0. The highest BCUT2D eigenvalue weighted by Crippen LogP contribution is 2.35. The highest BCUT2D eigenvalue weighted by Gasteiger charge is 2.31. The summed E-state index contributed by atoms with van der Waals surface area (Å²) in [5.41, 5.74) is 0. The fourth-order valence-electron chi connectivity index (χ4n) is 1.65. The van der Waals surface area contributed by atoms with Crippen molar-refractivity contribution in [2.45, 2.75) is 13.8 Å². The van der Waals surface area contributed by atoms with E-state index in [0.717, 1.165) is 0 Å². The zero-order valence-corrected chi connectivity index (χ0v) is 11.2. The lowest BCUT2D eigenvalue weighted by Gasteiger charge is -2.27. The lowest BCUT2D eigenvalue weighted by molar-refractivity contribution is -0.142. The summed E-state index contributed by atoms with van der Waals surface area (Å²) in [5, 5.41) is 0.115. The van der Waals surface area contributed by atoms with Crippen molar-refractivity contribution in [1.82, 2.24) is 9.97 Å². The number of carbonyl (C=O) groups is 2. The minimum Gasteiger partial charge on any atom is -0.477 e. The van der Waals surface area contributed by atoms with E-state index in [9.17, 15) is 9.59 Å². The van der Waals surface area contributed by atoms with Crippen molar-refractivity contribution in [3.05, 3.63) is 11.0 Å². The molecule has 2 heterocycles. The van der Waals surface area contributed by atoms with Crippen LogP contribution in [0, 0.1) is 6.92 Å². The number of rotatable bonds is 3. The average Bonchev–Trinajstić information content (AvgIpc) is 2.33. The van der Waals surface area contributed by atoms with Gasteiger partial charge in [-0.2, -0.15) is 0 Å². The van der Waals surface area contributed by atoms with Crippen LogP contribution >= 0.6 is 11.6 Å². The van der Waals surface area contributed by atoms with E-state index < -0.39 is 5.97 Å². The molecule has 0 fully saturated rings. The Morgan fingerprint density at radius 1 is 1.53 bits per heavy atom. The number of hydrogen-bond donors (Lipinski definition) is 0. The van der Waals surface area contributed by atoms with E-state index in [2.05, 4.69) is 9.97 Å². The van der Waals surface area contributed by atoms with Crippen molar-refractivity contribution >= 4 is 29.3 Å². The third-order valence-electron chi connectivity index (χ3n) is 2.41. The average molecular weight is 286 g/mol. The van der Waals surface area contributed by atoms with Gasteiger partial charge in [0.2, 0.25) is 0 Å². The Bertz CT molecular complexity index is 535. The number of aromatic nitrogens is 2. The van der Waals surface area contributed by atoms with Crippen LogP contribution in [0.4, 0.5) is 5.82 Å². The van der Waals surface area contributed by atoms with E-state index in [0.29, 0.717) is 5.82 Å². The first-order valence-electron chi connectivity index (χ1n) is 5.65. The number of fused-ring (bicyclic) bond motifs is 1. The first-order chi connectivity index (χ1) is 9.02. The van der Waals surface area contributed by atoms with Crippen LogP contribution < -0.4 is 9.64 Å². The minimum atomic E-state index is -0.518. The number of aryl methyl sites for hydroxylation is 1. The van der Waals surface area contributed by atoms with E-state index in [-0.39, 0.29) is 42.4 Å². The fraction of sp³-hybridized carbons (Fsp3) is 0.455. The van der Waals surface area contributed by atoms with Gasteiger partial charge in [-0.3, -0.25) is 14.5 Å². The Kier molecular flexibility index (Phi) is 3.84. The Hall–Kier alpha value is -1.89. The van der Waals surface area contributed by atoms with Crippen LogP contribution in [-0.4, -0.2) is 41.6 Å². The molecule has 0 radical (unpaired) electrons. The fourth-order valence-corrected chi connectivity index (χ4v) is 1.91. The number of carbonyl (C=O) groups excluding carboxylic acids is 2. The van der Waals surface area contributed by atoms with Crippen molar-refractivity contribution in [2.24, 2.45) is 0 Å². The number of halogens is 1. The molecule has 0 bridgehead atoms. The van der Waals surface area contributed by atoms with E-state index in [1.54, 1.807) is 13.8 Å². The van der Waals surface area contributed by atoms with Crippen LogP contribution in [0.15, 0.2) is 0 Å². The molecule has 0 aliphatic carbocycles. The first kappa shape index (κ1) is 13.5. The van der Waals surface area contributed by atoms with Crippen molar-refractivity contribution in [3.8, 4) is 5.75 Å². The van der Waals surface area contributed by atoms with E-state index in [4.69, 9.17) is 21.1 Å². The van der Waals surface area contributed by atoms with E-state index >= 15 is 0 Å². The van der Waals surface area contributed by atoms with Crippen LogP contribution in [0.5, 0.6) is 5.75 Å². The number of anilines is 1. The summed E-state index contributed by atoms with van der Waals surface area (Å²) in [6.45, 7) is 3.13. The number of esters is 1. The van der Waals surface area contributed by atoms with Gasteiger partial charge in [0.15, 0.2) is 23.3 Å². The molecule has 0 spiro atoms. The highest BCUT2D eigenvalue weighted by molar-refractivity contribution is 6.31. The molecule has 2 rings (SSSR count). The summed E-state index contributed by atoms with van der Waals surface area (Å²) in [7, 11) is 0. The van der Waals surface area contributed by atoms with Crippen molar-refractivity contribution in [1.29, 1.82) is 0 Å². The van der Waals surface area contributed by atoms with Gasteiger partial charge in [-0.25, -0.2) is 9.97 Å². The molecule has 1 aromatic heterocycles. The van der Waals surface area contributed by atoms with Crippen LogP contribution in [0.2, 0.25) is 5.15 Å². The summed E-state index contributed by atoms with van der Waals surface area (Å²) < 4.78 is 10.0. The van der Waals surface area contributed by atoms with Gasteiger partial charge in [0, 0.05) is 0 Å². The highest BCUT2D eigenvalue weighted by atomic mass is 35.5. The standard InChI is InChI=1S/C11H12ClN3O4/c1-3-18-8(17)4-15-7(16)5-19-9-10(12)13-6(2)14-11(9)15/h3-5H2,1-2H3. The SMILES string of the molecule is CCOC(=O)CN1C(=O)COc2c(Cl)nc(C)nc21. The van der Waals surface area contributed by atoms with Gasteiger partial charge in [0.25, 0.3) is 5.91 Å². The second-order valence-corrected chi connectivity index (χ2v) is 4.15. The quantitative estimate of drug-likeness (QED) is 0.601. The molecule has 1 aliphatic heterocycles. The Morgan fingerprint density at radius 2 is 2.26 bits per heavy atom. The maximum atomic E-state index is 11.8. The van der Waals surface area contributed by atoms with Gasteiger partial charge in [-0.05, 0) is 13.8 Å². The Morgan fingerprint density at radius 3 is 2.95 bits per heavy atom. The molecule has 1 aliphatic rings. The zero-order chi connectivity index (χ0) is 14.0. The minimum absolute atomic E-state index is 0.115. The molecular weight excluding hydrogens is 274 g/mol. The second-order valence-electron chi connectivity index (χ2n) is 3.79. The topological polar surface area (TPSA) is 81.6 Å². The summed E-state index contributed by atoms with van der Waals surface area (Å²) in [4.78, 5) is 32.5. The molecule has 19 heavy (non-hydrogen) atoms. The number of nitrogens with zero attached hydrogens (tertiary/aromatic N) is 3. The summed E-state index contributed by atoms with van der Waals surface area (Å²) >= 11 is 5.93. The largest absolute Gasteiger partial charge is 0.477 e. The van der Waals surface area contributed by atoms with E-state index in [1.807, 2.05) is 0 Å². The van der Waals surface area contributed by atoms with Crippen LogP contribution in [-0.2, 0) is 14.3 Å². The van der Waals surface area contributed by atoms with Crippen molar-refractivity contribution < 1.29 is 19.1 Å². The molecule has 0 aromatic carbocycles. The molecule has 0 N–H and O–H groups in total. The summed E-state index contributed by atoms with van der Waals surface area (Å²) in [5.74, 6) is -0.111. The number of hydrogen-bond acceptors (Lipinski definition) is 6. The molecule has 8 heteroatoms. The monoisotopic (exact) mass is 285 g/mol. The molecule has 0 saturated carbocycles. The molecule has 1 amide bonds. The Balaban J connectivity index is 2.35. The molecular formula is C11H12ClN3O4. The zero-order valence-electron chi connectivity index (χ0n) is 10.5. The number of amides is 1. The second kappa shape index (κ2) is 5.40. The third kappa shape index (κ3) is 2.76. The van der Waals surface area contributed by atoms with Gasteiger partial charge in [-0.1, -0.05) is 11.6 Å². The lowest BCUT2D eigenvalue weighted by atomic mass is 10.3. The summed E-state index contributed by atoms with van der Waals surface area (Å²) in [6.07, 6.45) is 0. The van der Waals surface area contributed by atoms with Gasteiger partial charge < -0.3 is 9.47 Å². The number of ether oxygens (including phenoxy) is 2. The predicted octanol–water partition coefficient (Wildman–Crippen LogP) is 0.727. The molecule has 0 atom stereocenters. The predicted molar refractivity (Wildman–Crippen MR) is 66.3 cm³/mol. The van der Waals surface area contributed by atoms with Crippen LogP contribution in [0.3, 0.4) is 0 Å². The van der Waals surface area contributed by atoms with Crippen molar-refractivity contribution in [3.63, 3.8) is 0 Å². The van der Waals surface area contributed by atoms with Crippen molar-refractivity contribution in [2.75, 3.05) is 24.7 Å². The molecule has 102 valence electrons. The maximum absolute atomic E-state index is 11.8. The molecule has 0 unspecified atom stereocenters. The van der Waals surface area contributed by atoms with E-state index in [1.165, 1.54) is 4.90 Å². The Labute approximate surface area is 114 Å². The molecule has 0 saturated heterocycles. The van der Waals surface area contributed by atoms with Crippen LogP contribution in [0.25, 0.3) is 0 Å². The lowest BCUT2D eigenvalue weighted by Crippen LogP contribution is -2.43. The smallest absolute Gasteiger partial charge is 0.326 e. The maximum Gasteiger partial charge on any atom is 0.326 e. The van der Waals surface area contributed by atoms with Gasteiger partial charge in [0.05, 0.1) is 6.61 Å². The third-order valence-corrected chi connectivity index (χ3v) is 2.66. The molecule has 1 aromatic rings. The molecule has 7 nitrogen and oxygen atoms in total. The van der Waals surface area contributed by atoms with Gasteiger partial charge >= 0.3 is 5.97 Å². The van der Waals surface area contributed by atoms with Gasteiger partial charge in [0.1, 0.15) is 12.4 Å². The first-order valence-corrected chi connectivity index (χ1v) is 6.03. The van der Waals surface area contributed by atoms with Crippen LogP contribution in [0.1, 0.15) is 12.7 Å². The normalized spacial score (nSPS) is 13.8.